The van der Waals surface area contributed by atoms with Gasteiger partial charge in [-0.3, -0.25) is 4.98 Å². The maximum Gasteiger partial charge on any atom is 0.137 e. The highest BCUT2D eigenvalue weighted by atomic mass is 16.5. The molecule has 1 heterocycles. The first-order valence-corrected chi connectivity index (χ1v) is 4.50. The first kappa shape index (κ1) is 9.99. The first-order chi connectivity index (χ1) is 6.26. The second kappa shape index (κ2) is 4.82. The van der Waals surface area contributed by atoms with E-state index in [1.165, 1.54) is 0 Å². The van der Waals surface area contributed by atoms with Gasteiger partial charge < -0.3 is 10.5 Å². The van der Waals surface area contributed by atoms with Crippen LogP contribution in [0.3, 0.4) is 0 Å². The number of nitrogens with zero attached hydrogens (tertiary/aromatic N) is 1. The average molecular weight is 180 g/mol. The number of hydrogen-bond donors (Lipinski definition) is 1. The van der Waals surface area contributed by atoms with Crippen molar-refractivity contribution in [3.8, 4) is 5.75 Å². The van der Waals surface area contributed by atoms with Crippen molar-refractivity contribution in [2.24, 2.45) is 5.73 Å². The van der Waals surface area contributed by atoms with Crippen LogP contribution in [0.25, 0.3) is 0 Å². The van der Waals surface area contributed by atoms with Gasteiger partial charge in [0.05, 0.1) is 13.3 Å². The van der Waals surface area contributed by atoms with Gasteiger partial charge >= 0.3 is 0 Å². The Morgan fingerprint density at radius 3 is 2.77 bits per heavy atom. The summed E-state index contributed by atoms with van der Waals surface area (Å²) in [5, 5.41) is 0. The van der Waals surface area contributed by atoms with Gasteiger partial charge in [0.1, 0.15) is 5.75 Å². The summed E-state index contributed by atoms with van der Waals surface area (Å²) >= 11 is 0. The van der Waals surface area contributed by atoms with Crippen molar-refractivity contribution in [1.82, 2.24) is 4.98 Å². The largest absolute Gasteiger partial charge is 0.495 e. The molecule has 0 aliphatic heterocycles. The third-order valence-corrected chi connectivity index (χ3v) is 2.03. The zero-order chi connectivity index (χ0) is 9.68. The number of nitrogens with two attached hydrogens (primary N) is 1. The Labute approximate surface area is 78.9 Å². The summed E-state index contributed by atoms with van der Waals surface area (Å²) in [6.45, 7) is 2.08. The van der Waals surface area contributed by atoms with Crippen molar-refractivity contribution >= 4 is 0 Å². The van der Waals surface area contributed by atoms with E-state index in [0.29, 0.717) is 0 Å². The normalized spacial score (nSPS) is 12.5. The van der Waals surface area contributed by atoms with Gasteiger partial charge in [-0.1, -0.05) is 6.92 Å². The summed E-state index contributed by atoms with van der Waals surface area (Å²) < 4.78 is 5.01. The van der Waals surface area contributed by atoms with E-state index >= 15 is 0 Å². The molecule has 0 saturated carbocycles. The van der Waals surface area contributed by atoms with Gasteiger partial charge in [0.25, 0.3) is 0 Å². The predicted molar refractivity (Wildman–Crippen MR) is 52.8 cm³/mol. The number of hydrogen-bond acceptors (Lipinski definition) is 3. The van der Waals surface area contributed by atoms with E-state index in [9.17, 15) is 0 Å². The van der Waals surface area contributed by atoms with Crippen molar-refractivity contribution in [1.29, 1.82) is 0 Å². The van der Waals surface area contributed by atoms with E-state index in [-0.39, 0.29) is 6.04 Å². The minimum Gasteiger partial charge on any atom is -0.495 e. The average Bonchev–Trinajstić information content (AvgIpc) is 2.19. The number of rotatable bonds is 4. The first-order valence-electron chi connectivity index (χ1n) is 4.50. The van der Waals surface area contributed by atoms with Crippen LogP contribution in [0.2, 0.25) is 0 Å². The molecule has 0 bridgehead atoms. The Balaban J connectivity index is 2.58. The zero-order valence-electron chi connectivity index (χ0n) is 8.16. The molecule has 2 N–H and O–H groups in total. The molecule has 0 radical (unpaired) electrons. The Kier molecular flexibility index (Phi) is 3.71. The summed E-state index contributed by atoms with van der Waals surface area (Å²) in [7, 11) is 1.63. The van der Waals surface area contributed by atoms with E-state index in [2.05, 4.69) is 11.9 Å². The highest BCUT2D eigenvalue weighted by molar-refractivity contribution is 5.19. The van der Waals surface area contributed by atoms with Crippen LogP contribution in [-0.4, -0.2) is 18.1 Å². The lowest BCUT2D eigenvalue weighted by Crippen LogP contribution is -2.21. The summed E-state index contributed by atoms with van der Waals surface area (Å²) in [5.74, 6) is 0.786. The molecule has 0 amide bonds. The van der Waals surface area contributed by atoms with Crippen LogP contribution >= 0.6 is 0 Å². The highest BCUT2D eigenvalue weighted by Crippen LogP contribution is 2.09. The Bertz CT molecular complexity index is 246. The van der Waals surface area contributed by atoms with Crippen molar-refractivity contribution in [2.45, 2.75) is 25.8 Å². The Hall–Kier alpha value is -1.09. The van der Waals surface area contributed by atoms with Gasteiger partial charge in [0.15, 0.2) is 0 Å². The lowest BCUT2D eigenvalue weighted by molar-refractivity contribution is 0.412. The monoisotopic (exact) mass is 180 g/mol. The third kappa shape index (κ3) is 3.03. The molecule has 1 atom stereocenters. The van der Waals surface area contributed by atoms with Crippen LogP contribution < -0.4 is 10.5 Å². The molecule has 0 fully saturated rings. The number of pyridine rings is 1. The lowest BCUT2D eigenvalue weighted by atomic mass is 10.1. The van der Waals surface area contributed by atoms with Gasteiger partial charge in [-0.05, 0) is 18.6 Å². The summed E-state index contributed by atoms with van der Waals surface area (Å²) in [5.41, 5.74) is 6.83. The molecule has 0 aromatic carbocycles. The van der Waals surface area contributed by atoms with Crippen molar-refractivity contribution < 1.29 is 4.74 Å². The van der Waals surface area contributed by atoms with Gasteiger partial charge in [-0.2, -0.15) is 0 Å². The molecule has 1 aromatic rings. The molecular formula is C10H16N2O. The van der Waals surface area contributed by atoms with Crippen molar-refractivity contribution in [2.75, 3.05) is 7.11 Å². The number of aromatic nitrogens is 1. The molecule has 0 saturated heterocycles. The predicted octanol–water partition coefficient (Wildman–Crippen LogP) is 1.37. The second-order valence-electron chi connectivity index (χ2n) is 3.06. The number of methoxy groups -OCH3 is 1. The minimum absolute atomic E-state index is 0.209. The van der Waals surface area contributed by atoms with Gasteiger partial charge in [0.2, 0.25) is 0 Å². The molecule has 1 rings (SSSR count). The SMILES string of the molecule is CCC(N)Cc1ccc(OC)cn1. The molecule has 0 spiro atoms. The lowest BCUT2D eigenvalue weighted by Gasteiger charge is -2.07. The van der Waals surface area contributed by atoms with Crippen molar-refractivity contribution in [3.63, 3.8) is 0 Å². The standard InChI is InChI=1S/C10H16N2O/c1-3-8(11)6-9-4-5-10(13-2)7-12-9/h4-5,7-8H,3,6,11H2,1-2H3. The van der Waals surface area contributed by atoms with Crippen LogP contribution in [0.15, 0.2) is 18.3 Å². The van der Waals surface area contributed by atoms with E-state index in [4.69, 9.17) is 10.5 Å². The smallest absolute Gasteiger partial charge is 0.137 e. The van der Waals surface area contributed by atoms with Crippen molar-refractivity contribution in [3.05, 3.63) is 24.0 Å². The fourth-order valence-electron chi connectivity index (χ4n) is 1.07. The second-order valence-corrected chi connectivity index (χ2v) is 3.06. The fraction of sp³-hybridized carbons (Fsp3) is 0.500. The van der Waals surface area contributed by atoms with Crippen LogP contribution in [-0.2, 0) is 6.42 Å². The van der Waals surface area contributed by atoms with E-state index in [1.54, 1.807) is 13.3 Å². The molecule has 3 nitrogen and oxygen atoms in total. The molecule has 1 aromatic heterocycles. The Morgan fingerprint density at radius 1 is 1.54 bits per heavy atom. The molecule has 72 valence electrons. The fourth-order valence-corrected chi connectivity index (χ4v) is 1.07. The molecule has 13 heavy (non-hydrogen) atoms. The summed E-state index contributed by atoms with van der Waals surface area (Å²) in [6.07, 6.45) is 3.53. The number of ether oxygens (including phenoxy) is 1. The van der Waals surface area contributed by atoms with Gasteiger partial charge in [-0.25, -0.2) is 0 Å². The van der Waals surface area contributed by atoms with Gasteiger partial charge in [0, 0.05) is 18.2 Å². The molecule has 1 unspecified atom stereocenters. The van der Waals surface area contributed by atoms with Crippen LogP contribution in [0.4, 0.5) is 0 Å². The third-order valence-electron chi connectivity index (χ3n) is 2.03. The molecule has 3 heteroatoms. The van der Waals surface area contributed by atoms with Gasteiger partial charge in [-0.15, -0.1) is 0 Å². The highest BCUT2D eigenvalue weighted by Gasteiger charge is 2.02. The van der Waals surface area contributed by atoms with Crippen LogP contribution in [0.1, 0.15) is 19.0 Å². The summed E-state index contributed by atoms with van der Waals surface area (Å²) in [4.78, 5) is 4.23. The zero-order valence-corrected chi connectivity index (χ0v) is 8.16. The van der Waals surface area contributed by atoms with E-state index in [1.807, 2.05) is 12.1 Å². The minimum atomic E-state index is 0.209. The molecule has 0 aliphatic rings. The molecule has 0 aliphatic carbocycles. The maximum atomic E-state index is 5.80. The van der Waals surface area contributed by atoms with Crippen LogP contribution in [0.5, 0.6) is 5.75 Å². The summed E-state index contributed by atoms with van der Waals surface area (Å²) in [6, 6.07) is 4.07. The van der Waals surface area contributed by atoms with E-state index in [0.717, 1.165) is 24.3 Å². The maximum absolute atomic E-state index is 5.80. The quantitative estimate of drug-likeness (QED) is 0.761. The Morgan fingerprint density at radius 2 is 2.31 bits per heavy atom. The molecular weight excluding hydrogens is 164 g/mol. The van der Waals surface area contributed by atoms with Crippen LogP contribution in [0, 0.1) is 0 Å². The topological polar surface area (TPSA) is 48.1 Å². The van der Waals surface area contributed by atoms with E-state index < -0.39 is 0 Å².